The van der Waals surface area contributed by atoms with E-state index in [-0.39, 0.29) is 24.2 Å². The predicted octanol–water partition coefficient (Wildman–Crippen LogP) is 2.88. The zero-order chi connectivity index (χ0) is 18.4. The minimum absolute atomic E-state index is 0.139. The molecule has 3 rings (SSSR count). The second-order valence-electron chi connectivity index (χ2n) is 5.75. The Morgan fingerprint density at radius 3 is 2.42 bits per heavy atom. The molecule has 1 aromatic heterocycles. The number of ether oxygens (including phenoxy) is 1. The first-order valence-electron chi connectivity index (χ1n) is 8.36. The molecule has 0 saturated carbocycles. The van der Waals surface area contributed by atoms with Gasteiger partial charge in [-0.05, 0) is 18.2 Å². The van der Waals surface area contributed by atoms with Gasteiger partial charge < -0.3 is 19.8 Å². The lowest BCUT2D eigenvalue weighted by molar-refractivity contribution is -0.118. The first kappa shape index (κ1) is 17.5. The highest BCUT2D eigenvalue weighted by Gasteiger charge is 2.20. The Kier molecular flexibility index (Phi) is 5.53. The Morgan fingerprint density at radius 2 is 1.65 bits per heavy atom. The third kappa shape index (κ3) is 4.22. The van der Waals surface area contributed by atoms with Gasteiger partial charge in [0.1, 0.15) is 17.9 Å². The molecule has 26 heavy (non-hydrogen) atoms. The van der Waals surface area contributed by atoms with Crippen LogP contribution < -0.4 is 15.4 Å². The van der Waals surface area contributed by atoms with Crippen molar-refractivity contribution in [1.29, 1.82) is 0 Å². The number of para-hydroxylation sites is 2. The van der Waals surface area contributed by atoms with Gasteiger partial charge in [0.15, 0.2) is 5.76 Å². The van der Waals surface area contributed by atoms with Crippen molar-refractivity contribution in [2.75, 3.05) is 13.1 Å². The highest BCUT2D eigenvalue weighted by Crippen LogP contribution is 2.27. The van der Waals surface area contributed by atoms with Crippen molar-refractivity contribution in [2.45, 2.75) is 13.5 Å². The summed E-state index contributed by atoms with van der Waals surface area (Å²) in [4.78, 5) is 23.4. The van der Waals surface area contributed by atoms with Crippen LogP contribution in [0.25, 0.3) is 11.0 Å². The highest BCUT2D eigenvalue weighted by molar-refractivity contribution is 5.99. The van der Waals surface area contributed by atoms with E-state index in [4.69, 9.17) is 9.15 Å². The minimum Gasteiger partial charge on any atom is -0.489 e. The van der Waals surface area contributed by atoms with E-state index in [1.165, 1.54) is 6.92 Å². The largest absolute Gasteiger partial charge is 0.489 e. The molecule has 0 spiro atoms. The molecular formula is C20H20N2O4. The predicted molar refractivity (Wildman–Crippen MR) is 98.0 cm³/mol. The van der Waals surface area contributed by atoms with Crippen molar-refractivity contribution in [1.82, 2.24) is 10.6 Å². The fraction of sp³-hybridized carbons (Fsp3) is 0.200. The molecule has 0 atom stereocenters. The normalized spacial score (nSPS) is 10.5. The number of rotatable bonds is 7. The summed E-state index contributed by atoms with van der Waals surface area (Å²) in [5.74, 6) is 0.470. The topological polar surface area (TPSA) is 80.6 Å². The summed E-state index contributed by atoms with van der Waals surface area (Å²) in [6, 6.07) is 16.9. The van der Waals surface area contributed by atoms with Crippen LogP contribution in [0.3, 0.4) is 0 Å². The number of nitrogens with one attached hydrogen (secondary N) is 2. The molecule has 2 N–H and O–H groups in total. The molecular weight excluding hydrogens is 332 g/mol. The summed E-state index contributed by atoms with van der Waals surface area (Å²) in [5, 5.41) is 6.23. The first-order chi connectivity index (χ1) is 12.6. The molecule has 0 aliphatic carbocycles. The summed E-state index contributed by atoms with van der Waals surface area (Å²) in [7, 11) is 0. The van der Waals surface area contributed by atoms with Crippen LogP contribution in [0, 0.1) is 0 Å². The fourth-order valence-corrected chi connectivity index (χ4v) is 2.59. The van der Waals surface area contributed by atoms with E-state index in [0.717, 1.165) is 11.1 Å². The van der Waals surface area contributed by atoms with Gasteiger partial charge in [-0.15, -0.1) is 0 Å². The van der Waals surface area contributed by atoms with E-state index in [2.05, 4.69) is 10.6 Å². The van der Waals surface area contributed by atoms with Crippen molar-refractivity contribution >= 4 is 22.8 Å². The van der Waals surface area contributed by atoms with E-state index in [1.54, 1.807) is 0 Å². The molecule has 0 bridgehead atoms. The fourth-order valence-electron chi connectivity index (χ4n) is 2.59. The summed E-state index contributed by atoms with van der Waals surface area (Å²) in [6.45, 7) is 2.32. The second-order valence-corrected chi connectivity index (χ2v) is 5.75. The van der Waals surface area contributed by atoms with Crippen molar-refractivity contribution < 1.29 is 18.7 Å². The smallest absolute Gasteiger partial charge is 0.287 e. The number of hydrogen-bond acceptors (Lipinski definition) is 4. The number of hydrogen-bond donors (Lipinski definition) is 2. The maximum absolute atomic E-state index is 12.5. The first-order valence-corrected chi connectivity index (χ1v) is 8.36. The molecule has 1 heterocycles. The van der Waals surface area contributed by atoms with Crippen molar-refractivity contribution in [2.24, 2.45) is 0 Å². The Hall–Kier alpha value is -3.28. The molecule has 2 aromatic carbocycles. The van der Waals surface area contributed by atoms with Crippen molar-refractivity contribution in [3.63, 3.8) is 0 Å². The molecule has 134 valence electrons. The van der Waals surface area contributed by atoms with E-state index in [0.29, 0.717) is 24.2 Å². The Morgan fingerprint density at radius 1 is 0.962 bits per heavy atom. The summed E-state index contributed by atoms with van der Waals surface area (Å²) < 4.78 is 11.6. The highest BCUT2D eigenvalue weighted by atomic mass is 16.5. The Balaban J connectivity index is 1.77. The van der Waals surface area contributed by atoms with Gasteiger partial charge in [0.25, 0.3) is 5.91 Å². The van der Waals surface area contributed by atoms with Crippen molar-refractivity contribution in [3.05, 3.63) is 65.9 Å². The number of carbonyl (C=O) groups excluding carboxylic acids is 2. The van der Waals surface area contributed by atoms with Gasteiger partial charge >= 0.3 is 0 Å². The van der Waals surface area contributed by atoms with E-state index in [9.17, 15) is 9.59 Å². The standard InChI is InChI=1S/C20H20N2O4/c1-14(23)21-11-12-22-20(24)19-17(13-25-15-7-3-2-4-8-15)16-9-5-6-10-18(16)26-19/h2-10H,11-13H2,1H3,(H,21,23)(H,22,24). The monoisotopic (exact) mass is 352 g/mol. The molecule has 3 aromatic rings. The lowest BCUT2D eigenvalue weighted by Gasteiger charge is -2.08. The zero-order valence-corrected chi connectivity index (χ0v) is 14.5. The summed E-state index contributed by atoms with van der Waals surface area (Å²) >= 11 is 0. The molecule has 0 unspecified atom stereocenters. The lowest BCUT2D eigenvalue weighted by Crippen LogP contribution is -2.33. The molecule has 6 nitrogen and oxygen atoms in total. The van der Waals surface area contributed by atoms with Crippen molar-refractivity contribution in [3.8, 4) is 5.75 Å². The molecule has 0 radical (unpaired) electrons. The van der Waals surface area contributed by atoms with Gasteiger partial charge in [0.2, 0.25) is 5.91 Å². The maximum Gasteiger partial charge on any atom is 0.287 e. The van der Waals surface area contributed by atoms with E-state index in [1.807, 2.05) is 54.6 Å². The number of furan rings is 1. The van der Waals surface area contributed by atoms with Gasteiger partial charge in [-0.25, -0.2) is 0 Å². The van der Waals surface area contributed by atoms with Crippen LogP contribution in [0.1, 0.15) is 23.0 Å². The average molecular weight is 352 g/mol. The summed E-state index contributed by atoms with van der Waals surface area (Å²) in [6.07, 6.45) is 0. The van der Waals surface area contributed by atoms with Crippen LogP contribution >= 0.6 is 0 Å². The number of carbonyl (C=O) groups is 2. The Labute approximate surface area is 151 Å². The number of amides is 2. The van der Waals surface area contributed by atoms with Crippen LogP contribution in [0.4, 0.5) is 0 Å². The van der Waals surface area contributed by atoms with Gasteiger partial charge in [-0.2, -0.15) is 0 Å². The molecule has 6 heteroatoms. The molecule has 0 aliphatic rings. The van der Waals surface area contributed by atoms with Crippen LogP contribution in [0.15, 0.2) is 59.0 Å². The maximum atomic E-state index is 12.5. The quantitative estimate of drug-likeness (QED) is 0.641. The van der Waals surface area contributed by atoms with Gasteiger partial charge in [-0.1, -0.05) is 36.4 Å². The molecule has 0 aliphatic heterocycles. The van der Waals surface area contributed by atoms with Crippen LogP contribution in [0.5, 0.6) is 5.75 Å². The minimum atomic E-state index is -0.335. The average Bonchev–Trinajstić information content (AvgIpc) is 3.03. The molecule has 0 saturated heterocycles. The SMILES string of the molecule is CC(=O)NCCNC(=O)c1oc2ccccc2c1COc1ccccc1. The zero-order valence-electron chi connectivity index (χ0n) is 14.5. The van der Waals surface area contributed by atoms with Crippen LogP contribution in [-0.4, -0.2) is 24.9 Å². The molecule has 0 fully saturated rings. The summed E-state index contributed by atoms with van der Waals surface area (Å²) in [5.41, 5.74) is 1.33. The van der Waals surface area contributed by atoms with Crippen LogP contribution in [-0.2, 0) is 11.4 Å². The third-order valence-corrected chi connectivity index (χ3v) is 3.82. The van der Waals surface area contributed by atoms with E-state index < -0.39 is 0 Å². The van der Waals surface area contributed by atoms with E-state index >= 15 is 0 Å². The van der Waals surface area contributed by atoms with Gasteiger partial charge in [0, 0.05) is 31.0 Å². The number of fused-ring (bicyclic) bond motifs is 1. The third-order valence-electron chi connectivity index (χ3n) is 3.82. The second kappa shape index (κ2) is 8.20. The van der Waals surface area contributed by atoms with Crippen LogP contribution in [0.2, 0.25) is 0 Å². The molecule has 2 amide bonds. The lowest BCUT2D eigenvalue weighted by atomic mass is 10.1. The number of benzene rings is 2. The Bertz CT molecular complexity index is 903. The van der Waals surface area contributed by atoms with Gasteiger partial charge in [0.05, 0.1) is 0 Å². The van der Waals surface area contributed by atoms with Gasteiger partial charge in [-0.3, -0.25) is 9.59 Å².